The van der Waals surface area contributed by atoms with Crippen molar-refractivity contribution in [2.75, 3.05) is 0 Å². The molecule has 0 amide bonds. The van der Waals surface area contributed by atoms with E-state index in [1.807, 2.05) is 0 Å². The molecule has 0 aromatic carbocycles. The van der Waals surface area contributed by atoms with Gasteiger partial charge in [0.1, 0.15) is 0 Å². The highest BCUT2D eigenvalue weighted by Crippen LogP contribution is 2.40. The molecule has 0 spiro atoms. The molecule has 0 aromatic heterocycles. The first-order chi connectivity index (χ1) is 23.8. The molecule has 0 radical (unpaired) electrons. The van der Waals surface area contributed by atoms with Crippen LogP contribution in [-0.2, 0) is 0 Å². The molecule has 0 bridgehead atoms. The minimum atomic E-state index is 0.301. The zero-order chi connectivity index (χ0) is 32.1. The van der Waals surface area contributed by atoms with Crippen molar-refractivity contribution in [3.8, 4) is 0 Å². The van der Waals surface area contributed by atoms with E-state index in [0.29, 0.717) is 54.5 Å². The monoisotopic (exact) mass is 654 g/mol. The van der Waals surface area contributed by atoms with Gasteiger partial charge >= 0.3 is 0 Å². The molecule has 5 nitrogen and oxygen atoms in total. The van der Waals surface area contributed by atoms with Crippen LogP contribution in [0.4, 0.5) is 0 Å². The summed E-state index contributed by atoms with van der Waals surface area (Å²) in [6.07, 6.45) is 48.8. The Bertz CT molecular complexity index is 1220. The van der Waals surface area contributed by atoms with Gasteiger partial charge in [-0.05, 0) is 143 Å². The van der Waals surface area contributed by atoms with Gasteiger partial charge in [0.2, 0.25) is 0 Å². The molecule has 0 aromatic rings. The fraction of sp³-hybridized carbons (Fsp3) is 0.767. The second-order valence-corrected chi connectivity index (χ2v) is 17.2. The Kier molecular flexibility index (Phi) is 11.4. The van der Waals surface area contributed by atoms with Crippen molar-refractivity contribution in [1.29, 1.82) is 0 Å². The molecule has 2 saturated heterocycles. The minimum absolute atomic E-state index is 0.301. The topological polar surface area (TPSA) is 60.1 Å². The van der Waals surface area contributed by atoms with E-state index < -0.39 is 0 Å². The lowest BCUT2D eigenvalue weighted by Gasteiger charge is -2.48. The van der Waals surface area contributed by atoms with Crippen molar-refractivity contribution < 1.29 is 0 Å². The van der Waals surface area contributed by atoms with Crippen molar-refractivity contribution in [3.05, 3.63) is 59.3 Å². The molecule has 2 aliphatic heterocycles. The number of allylic oxidation sites excluding steroid dienone is 6. The van der Waals surface area contributed by atoms with Gasteiger partial charge < -0.3 is 0 Å². The lowest BCUT2D eigenvalue weighted by Crippen LogP contribution is -2.71. The zero-order valence-electron chi connectivity index (χ0n) is 29.9. The van der Waals surface area contributed by atoms with Gasteiger partial charge in [0.15, 0.2) is 0 Å². The third-order valence-corrected chi connectivity index (χ3v) is 14.0. The van der Waals surface area contributed by atoms with Crippen LogP contribution in [0.15, 0.2) is 59.3 Å². The third kappa shape index (κ3) is 8.01. The zero-order valence-corrected chi connectivity index (χ0v) is 29.9. The van der Waals surface area contributed by atoms with Crippen LogP contribution >= 0.6 is 0 Å². The quantitative estimate of drug-likeness (QED) is 0.178. The van der Waals surface area contributed by atoms with Crippen LogP contribution < -0.4 is 26.6 Å². The minimum Gasteiger partial charge on any atom is -0.295 e. The number of hydrogen-bond donors (Lipinski definition) is 5. The maximum atomic E-state index is 4.20. The Labute approximate surface area is 292 Å². The first-order valence-corrected chi connectivity index (χ1v) is 21.0. The van der Waals surface area contributed by atoms with Crippen LogP contribution in [-0.4, -0.2) is 36.7 Å². The van der Waals surface area contributed by atoms with E-state index in [1.54, 1.807) is 11.1 Å². The van der Waals surface area contributed by atoms with E-state index in [0.717, 1.165) is 11.8 Å². The normalized spacial score (nSPS) is 40.6. The molecule has 5 N–H and O–H groups in total. The largest absolute Gasteiger partial charge is 0.295 e. The molecular weight excluding hydrogens is 587 g/mol. The first kappa shape index (κ1) is 33.6. The van der Waals surface area contributed by atoms with Gasteiger partial charge in [-0.25, -0.2) is 0 Å². The molecule has 264 valence electrons. The lowest BCUT2D eigenvalue weighted by molar-refractivity contribution is 0.0921. The Morgan fingerprint density at radius 1 is 0.500 bits per heavy atom. The predicted octanol–water partition coefficient (Wildman–Crippen LogP) is 8.64. The second kappa shape index (κ2) is 16.2. The highest BCUT2D eigenvalue weighted by Gasteiger charge is 2.40. The van der Waals surface area contributed by atoms with E-state index in [2.05, 4.69) is 69.1 Å². The van der Waals surface area contributed by atoms with Crippen molar-refractivity contribution in [2.45, 2.75) is 178 Å². The van der Waals surface area contributed by atoms with Crippen molar-refractivity contribution in [3.63, 3.8) is 0 Å². The summed E-state index contributed by atoms with van der Waals surface area (Å²) >= 11 is 0. The molecule has 9 atom stereocenters. The van der Waals surface area contributed by atoms with Crippen LogP contribution in [0.25, 0.3) is 0 Å². The predicted molar refractivity (Wildman–Crippen MR) is 200 cm³/mol. The van der Waals surface area contributed by atoms with Gasteiger partial charge in [0.25, 0.3) is 0 Å². The first-order valence-electron chi connectivity index (χ1n) is 21.0. The van der Waals surface area contributed by atoms with Crippen LogP contribution in [0.2, 0.25) is 0 Å². The summed E-state index contributed by atoms with van der Waals surface area (Å²) in [6, 6.07) is 1.19. The van der Waals surface area contributed by atoms with Gasteiger partial charge in [-0.3, -0.25) is 26.6 Å². The summed E-state index contributed by atoms with van der Waals surface area (Å²) in [7, 11) is 0. The van der Waals surface area contributed by atoms with Gasteiger partial charge in [0.05, 0.1) is 24.7 Å². The molecule has 5 heteroatoms. The molecule has 9 unspecified atom stereocenters. The Morgan fingerprint density at radius 2 is 1.25 bits per heavy atom. The summed E-state index contributed by atoms with van der Waals surface area (Å²) < 4.78 is 0. The number of rotatable bonds is 7. The molecule has 48 heavy (non-hydrogen) atoms. The molecule has 5 fully saturated rings. The van der Waals surface area contributed by atoms with Crippen molar-refractivity contribution in [1.82, 2.24) is 26.6 Å². The van der Waals surface area contributed by atoms with Crippen LogP contribution in [0, 0.1) is 29.6 Å². The second-order valence-electron chi connectivity index (χ2n) is 17.2. The highest BCUT2D eigenvalue weighted by molar-refractivity contribution is 5.31. The SMILES string of the molecule is C1=CC(C2NC(C3C=C(C4CCCC(C5NC(C6=CCCCC6)NC(C6CCCCC6)N5)C4)C=CC3)CC(C3CCCCC3)N2)=CCC1. The average molecular weight is 654 g/mol. The van der Waals surface area contributed by atoms with E-state index >= 15 is 0 Å². The highest BCUT2D eigenvalue weighted by atomic mass is 15.4. The number of nitrogens with one attached hydrogen (secondary N) is 5. The van der Waals surface area contributed by atoms with E-state index in [1.165, 1.54) is 147 Å². The van der Waals surface area contributed by atoms with Crippen LogP contribution in [0.5, 0.6) is 0 Å². The Hall–Kier alpha value is -1.50. The number of hydrogen-bond acceptors (Lipinski definition) is 5. The van der Waals surface area contributed by atoms with Crippen LogP contribution in [0.3, 0.4) is 0 Å². The van der Waals surface area contributed by atoms with Crippen molar-refractivity contribution in [2.24, 2.45) is 29.6 Å². The fourth-order valence-electron chi connectivity index (χ4n) is 11.3. The summed E-state index contributed by atoms with van der Waals surface area (Å²) in [5.41, 5.74) is 4.77. The summed E-state index contributed by atoms with van der Waals surface area (Å²) in [5.74, 6) is 3.61. The van der Waals surface area contributed by atoms with Gasteiger partial charge in [-0.15, -0.1) is 0 Å². The Balaban J connectivity index is 0.968. The molecular formula is C43H67N5. The molecule has 3 saturated carbocycles. The molecule has 8 rings (SSSR count). The molecule has 6 aliphatic carbocycles. The Morgan fingerprint density at radius 3 is 2.02 bits per heavy atom. The standard InChI is InChI=1S/C43H67N5/c1-5-15-30(16-6-1)38-29-39(45-40(44-38)31-17-7-2-8-18-31)36-25-13-23-34(27-36)35-24-14-26-37(28-35)43-47-41(32-19-9-3-10-20-32)46-42(48-43)33-21-11-4-12-22-33/h7,13,17-19,23,27,30,33,35-48H,1-6,8-12,14-16,20-22,24-26,28-29H2. The van der Waals surface area contributed by atoms with Crippen molar-refractivity contribution >= 4 is 0 Å². The van der Waals surface area contributed by atoms with E-state index in [4.69, 9.17) is 0 Å². The maximum Gasteiger partial charge on any atom is 0.0836 e. The third-order valence-electron chi connectivity index (χ3n) is 14.0. The van der Waals surface area contributed by atoms with Crippen LogP contribution in [0.1, 0.15) is 141 Å². The maximum absolute atomic E-state index is 4.20. The fourth-order valence-corrected chi connectivity index (χ4v) is 11.3. The lowest BCUT2D eigenvalue weighted by atomic mass is 9.72. The average Bonchev–Trinajstić information content (AvgIpc) is 3.19. The summed E-state index contributed by atoms with van der Waals surface area (Å²) in [5, 5.41) is 20.8. The van der Waals surface area contributed by atoms with E-state index in [9.17, 15) is 0 Å². The smallest absolute Gasteiger partial charge is 0.0836 e. The summed E-state index contributed by atoms with van der Waals surface area (Å²) in [4.78, 5) is 0. The summed E-state index contributed by atoms with van der Waals surface area (Å²) in [6.45, 7) is 0. The molecule has 2 heterocycles. The van der Waals surface area contributed by atoms with Gasteiger partial charge in [0, 0.05) is 12.1 Å². The van der Waals surface area contributed by atoms with Gasteiger partial charge in [-0.1, -0.05) is 87.5 Å². The van der Waals surface area contributed by atoms with Gasteiger partial charge in [-0.2, -0.15) is 0 Å². The molecule has 8 aliphatic rings. The van der Waals surface area contributed by atoms with E-state index in [-0.39, 0.29) is 0 Å².